The van der Waals surface area contributed by atoms with Gasteiger partial charge in [0.25, 0.3) is 0 Å². The summed E-state index contributed by atoms with van der Waals surface area (Å²) in [5, 5.41) is 3.05. The highest BCUT2D eigenvalue weighted by Gasteiger charge is 2.52. The van der Waals surface area contributed by atoms with Gasteiger partial charge < -0.3 is 29.0 Å². The topological polar surface area (TPSA) is 126 Å². The second kappa shape index (κ2) is 12.6. The third-order valence-electron chi connectivity index (χ3n) is 5.26. The maximum atomic E-state index is 12.7. The first-order chi connectivity index (χ1) is 15.9. The van der Waals surface area contributed by atoms with E-state index in [4.69, 9.17) is 23.7 Å². The Bertz CT molecular complexity index is 732. The van der Waals surface area contributed by atoms with Gasteiger partial charge in [0.2, 0.25) is 0 Å². The van der Waals surface area contributed by atoms with E-state index in [0.717, 1.165) is 25.7 Å². The minimum absolute atomic E-state index is 0.202. The normalized spacial score (nSPS) is 27.9. The Hall–Kier alpha value is -2.01. The lowest BCUT2D eigenvalue weighted by Gasteiger charge is -2.46. The van der Waals surface area contributed by atoms with Gasteiger partial charge in [0.05, 0.1) is 0 Å². The van der Waals surface area contributed by atoms with E-state index < -0.39 is 59.4 Å². The smallest absolute Gasteiger partial charge is 0.408 e. The number of rotatable bonds is 7. The number of carbonyl (C=O) groups excluding carboxylic acids is 4. The minimum atomic E-state index is -1.11. The lowest BCUT2D eigenvalue weighted by molar-refractivity contribution is -0.211. The molecule has 0 aromatic heterocycles. The minimum Gasteiger partial charge on any atom is -0.463 e. The van der Waals surface area contributed by atoms with Crippen LogP contribution in [0.4, 0.5) is 4.79 Å². The Morgan fingerprint density at radius 3 is 2.03 bits per heavy atom. The van der Waals surface area contributed by atoms with Crippen molar-refractivity contribution in [2.75, 3.05) is 6.61 Å². The van der Waals surface area contributed by atoms with Gasteiger partial charge in [0, 0.05) is 26.0 Å². The van der Waals surface area contributed by atoms with Crippen LogP contribution in [0, 0.1) is 0 Å². The van der Waals surface area contributed by atoms with Crippen LogP contribution in [0.25, 0.3) is 0 Å². The molecule has 194 valence electrons. The number of amides is 1. The van der Waals surface area contributed by atoms with Crippen molar-refractivity contribution in [1.29, 1.82) is 0 Å². The predicted octanol–water partition coefficient (Wildman–Crippen LogP) is 3.10. The van der Waals surface area contributed by atoms with Crippen molar-refractivity contribution in [3.05, 3.63) is 0 Å². The van der Waals surface area contributed by atoms with Crippen LogP contribution in [0.15, 0.2) is 0 Å². The summed E-state index contributed by atoms with van der Waals surface area (Å²) >= 11 is 1.53. The van der Waals surface area contributed by atoms with Crippen LogP contribution < -0.4 is 5.32 Å². The Morgan fingerprint density at radius 1 is 0.912 bits per heavy atom. The Kier molecular flexibility index (Phi) is 10.5. The molecule has 0 bridgehead atoms. The van der Waals surface area contributed by atoms with E-state index in [1.165, 1.54) is 39.0 Å². The summed E-state index contributed by atoms with van der Waals surface area (Å²) in [5.74, 6) is -1.78. The third kappa shape index (κ3) is 9.32. The molecule has 0 spiro atoms. The highest BCUT2D eigenvalue weighted by molar-refractivity contribution is 8.00. The number of esters is 3. The van der Waals surface area contributed by atoms with Crippen molar-refractivity contribution in [3.63, 3.8) is 0 Å². The summed E-state index contributed by atoms with van der Waals surface area (Å²) in [6, 6.07) is -0.872. The van der Waals surface area contributed by atoms with Gasteiger partial charge in [-0.1, -0.05) is 19.3 Å². The molecule has 2 rings (SSSR count). The zero-order chi connectivity index (χ0) is 25.5. The fraction of sp³-hybridized carbons (Fsp3) is 0.826. The number of hydrogen-bond acceptors (Lipinski definition) is 10. The van der Waals surface area contributed by atoms with Gasteiger partial charge in [-0.15, -0.1) is 11.8 Å². The molecule has 2 aliphatic rings. The standard InChI is InChI=1S/C23H37NO9S/c1-13(25)29-12-17-19(30-14(2)26)20(31-15(3)27)18(24-22(28)33-23(4,5)6)21(32-17)34-16-10-8-7-9-11-16/h16-21H,7-12H2,1-6H3,(H,24,28)/t17-,18-,19-,20-,21-/m1/s1. The Balaban J connectivity index is 2.39. The zero-order valence-electron chi connectivity index (χ0n) is 20.8. The molecule has 34 heavy (non-hydrogen) atoms. The van der Waals surface area contributed by atoms with Crippen molar-refractivity contribution in [1.82, 2.24) is 5.32 Å². The molecule has 1 N–H and O–H groups in total. The van der Waals surface area contributed by atoms with Crippen LogP contribution in [0.2, 0.25) is 0 Å². The molecule has 0 unspecified atom stereocenters. The van der Waals surface area contributed by atoms with E-state index in [2.05, 4.69) is 5.32 Å². The summed E-state index contributed by atoms with van der Waals surface area (Å²) in [7, 11) is 0. The number of carbonyl (C=O) groups is 4. The van der Waals surface area contributed by atoms with E-state index in [9.17, 15) is 19.2 Å². The monoisotopic (exact) mass is 503 g/mol. The number of ether oxygens (including phenoxy) is 5. The summed E-state index contributed by atoms with van der Waals surface area (Å²) in [4.78, 5) is 48.1. The SMILES string of the molecule is CC(=O)OC[C@H]1O[C@H](SC2CCCCC2)[C@H](NC(=O)OC(C)(C)C)[C@@H](OC(C)=O)[C@@H]1OC(C)=O. The Labute approximate surface area is 205 Å². The molecular formula is C23H37NO9S. The first kappa shape index (κ1) is 28.2. The fourth-order valence-corrected chi connectivity index (χ4v) is 5.59. The number of alkyl carbamates (subject to hydrolysis) is 1. The van der Waals surface area contributed by atoms with Crippen LogP contribution in [0.3, 0.4) is 0 Å². The van der Waals surface area contributed by atoms with E-state index >= 15 is 0 Å². The first-order valence-corrected chi connectivity index (χ1v) is 12.6. The summed E-state index contributed by atoms with van der Waals surface area (Å²) in [6.07, 6.45) is 1.54. The quantitative estimate of drug-likeness (QED) is 0.409. The lowest BCUT2D eigenvalue weighted by atomic mass is 9.97. The van der Waals surface area contributed by atoms with Gasteiger partial charge in [-0.05, 0) is 33.6 Å². The molecule has 1 aliphatic heterocycles. The molecule has 11 heteroatoms. The van der Waals surface area contributed by atoms with Gasteiger partial charge in [-0.2, -0.15) is 0 Å². The molecule has 1 heterocycles. The maximum Gasteiger partial charge on any atom is 0.408 e. The number of thioether (sulfide) groups is 1. The van der Waals surface area contributed by atoms with Crippen LogP contribution in [-0.2, 0) is 38.1 Å². The second-order valence-electron chi connectivity index (χ2n) is 9.56. The molecule has 0 radical (unpaired) electrons. The number of hydrogen-bond donors (Lipinski definition) is 1. The average Bonchev–Trinajstić information content (AvgIpc) is 2.69. The van der Waals surface area contributed by atoms with Gasteiger partial charge >= 0.3 is 24.0 Å². The van der Waals surface area contributed by atoms with Crippen LogP contribution in [0.1, 0.15) is 73.6 Å². The van der Waals surface area contributed by atoms with E-state index in [1.807, 2.05) is 0 Å². The summed E-state index contributed by atoms with van der Waals surface area (Å²) in [6.45, 7) is 8.71. The fourth-order valence-electron chi connectivity index (χ4n) is 4.01. The molecule has 1 aliphatic carbocycles. The molecule has 10 nitrogen and oxygen atoms in total. The molecule has 1 saturated heterocycles. The van der Waals surface area contributed by atoms with E-state index in [-0.39, 0.29) is 11.9 Å². The van der Waals surface area contributed by atoms with Crippen molar-refractivity contribution in [2.24, 2.45) is 0 Å². The molecule has 1 saturated carbocycles. The predicted molar refractivity (Wildman–Crippen MR) is 124 cm³/mol. The van der Waals surface area contributed by atoms with Crippen molar-refractivity contribution >= 4 is 35.8 Å². The second-order valence-corrected chi connectivity index (χ2v) is 11.0. The van der Waals surface area contributed by atoms with Gasteiger partial charge in [0.1, 0.15) is 29.8 Å². The summed E-state index contributed by atoms with van der Waals surface area (Å²) < 4.78 is 27.9. The first-order valence-electron chi connectivity index (χ1n) is 11.6. The van der Waals surface area contributed by atoms with Crippen LogP contribution in [-0.4, -0.2) is 71.2 Å². The average molecular weight is 504 g/mol. The maximum absolute atomic E-state index is 12.7. The molecule has 1 amide bonds. The molecule has 2 fully saturated rings. The van der Waals surface area contributed by atoms with Crippen molar-refractivity contribution in [3.8, 4) is 0 Å². The zero-order valence-corrected chi connectivity index (χ0v) is 21.6. The van der Waals surface area contributed by atoms with Crippen molar-refractivity contribution in [2.45, 2.75) is 114 Å². The molecule has 0 aromatic carbocycles. The Morgan fingerprint density at radius 2 is 1.50 bits per heavy atom. The van der Waals surface area contributed by atoms with Crippen molar-refractivity contribution < 1.29 is 42.9 Å². The summed E-state index contributed by atoms with van der Waals surface area (Å²) in [5.41, 5.74) is -1.41. The largest absolute Gasteiger partial charge is 0.463 e. The molecule has 0 aromatic rings. The van der Waals surface area contributed by atoms with Gasteiger partial charge in [-0.3, -0.25) is 14.4 Å². The van der Waals surface area contributed by atoms with E-state index in [0.29, 0.717) is 0 Å². The van der Waals surface area contributed by atoms with Crippen LogP contribution in [0.5, 0.6) is 0 Å². The lowest BCUT2D eigenvalue weighted by Crippen LogP contribution is -2.66. The van der Waals surface area contributed by atoms with Gasteiger partial charge in [-0.25, -0.2) is 4.79 Å². The number of nitrogens with one attached hydrogen (secondary N) is 1. The highest BCUT2D eigenvalue weighted by atomic mass is 32.2. The molecular weight excluding hydrogens is 466 g/mol. The molecule has 5 atom stereocenters. The van der Waals surface area contributed by atoms with Crippen LogP contribution >= 0.6 is 11.8 Å². The highest BCUT2D eigenvalue weighted by Crippen LogP contribution is 2.38. The van der Waals surface area contributed by atoms with E-state index in [1.54, 1.807) is 20.8 Å². The van der Waals surface area contributed by atoms with Gasteiger partial charge in [0.15, 0.2) is 12.2 Å². The third-order valence-corrected chi connectivity index (χ3v) is 6.79.